The number of amides is 1. The normalized spacial score (nSPS) is 11.6. The van der Waals surface area contributed by atoms with E-state index in [1.807, 2.05) is 24.3 Å². The monoisotopic (exact) mass is 450 g/mol. The van der Waals surface area contributed by atoms with Crippen LogP contribution < -0.4 is 15.7 Å². The Labute approximate surface area is 184 Å². The number of hydrogen-bond acceptors (Lipinski definition) is 4. The van der Waals surface area contributed by atoms with Gasteiger partial charge in [-0.1, -0.05) is 26.0 Å². The SMILES string of the molecule is CC(C)c1ccc(NC(=O)c2ccc(NS(=O)(=O)c3ccc4[nH]c(=O)[nH]c4c3)cc2)cc1. The number of carbonyl (C=O) groups excluding carboxylic acids is 1. The minimum absolute atomic E-state index is 0.00640. The van der Waals surface area contributed by atoms with E-state index in [9.17, 15) is 18.0 Å². The molecule has 4 N–H and O–H groups in total. The Hall–Kier alpha value is -3.85. The molecule has 0 atom stereocenters. The van der Waals surface area contributed by atoms with Gasteiger partial charge in [0.1, 0.15) is 0 Å². The van der Waals surface area contributed by atoms with Crippen molar-refractivity contribution in [3.8, 4) is 0 Å². The number of aromatic amines is 2. The first-order valence-corrected chi connectivity index (χ1v) is 11.5. The molecule has 4 aromatic rings. The molecule has 1 aromatic heterocycles. The van der Waals surface area contributed by atoms with Crippen molar-refractivity contribution in [1.82, 2.24) is 9.97 Å². The summed E-state index contributed by atoms with van der Waals surface area (Å²) in [5, 5.41) is 2.83. The maximum absolute atomic E-state index is 12.7. The second kappa shape index (κ2) is 8.35. The van der Waals surface area contributed by atoms with E-state index in [0.29, 0.717) is 33.9 Å². The number of aromatic nitrogens is 2. The van der Waals surface area contributed by atoms with Crippen molar-refractivity contribution in [3.05, 3.63) is 88.3 Å². The topological polar surface area (TPSA) is 124 Å². The first-order valence-electron chi connectivity index (χ1n) is 9.97. The van der Waals surface area contributed by atoms with Crippen LogP contribution in [0.25, 0.3) is 11.0 Å². The number of sulfonamides is 1. The van der Waals surface area contributed by atoms with Gasteiger partial charge in [0.25, 0.3) is 15.9 Å². The molecule has 0 aliphatic heterocycles. The maximum Gasteiger partial charge on any atom is 0.323 e. The lowest BCUT2D eigenvalue weighted by molar-refractivity contribution is 0.102. The second-order valence-electron chi connectivity index (χ2n) is 7.70. The molecule has 0 radical (unpaired) electrons. The van der Waals surface area contributed by atoms with Crippen LogP contribution in [0.1, 0.15) is 35.7 Å². The van der Waals surface area contributed by atoms with Gasteiger partial charge in [-0.2, -0.15) is 0 Å². The van der Waals surface area contributed by atoms with Crippen molar-refractivity contribution in [2.24, 2.45) is 0 Å². The Balaban J connectivity index is 1.46. The molecule has 1 heterocycles. The van der Waals surface area contributed by atoms with Crippen molar-refractivity contribution >= 4 is 38.3 Å². The van der Waals surface area contributed by atoms with Gasteiger partial charge in [-0.25, -0.2) is 13.2 Å². The molecule has 0 saturated carbocycles. The van der Waals surface area contributed by atoms with E-state index < -0.39 is 15.7 Å². The van der Waals surface area contributed by atoms with Crippen molar-refractivity contribution < 1.29 is 13.2 Å². The summed E-state index contributed by atoms with van der Waals surface area (Å²) in [5.74, 6) is 0.113. The highest BCUT2D eigenvalue weighted by atomic mass is 32.2. The Morgan fingerprint density at radius 1 is 0.844 bits per heavy atom. The fourth-order valence-corrected chi connectivity index (χ4v) is 4.32. The van der Waals surface area contributed by atoms with E-state index in [-0.39, 0.29) is 10.8 Å². The Kier molecular flexibility index (Phi) is 5.58. The third-order valence-electron chi connectivity index (χ3n) is 5.03. The van der Waals surface area contributed by atoms with E-state index in [1.165, 1.54) is 35.9 Å². The van der Waals surface area contributed by atoms with Crippen molar-refractivity contribution in [2.75, 3.05) is 10.0 Å². The Morgan fingerprint density at radius 2 is 1.47 bits per heavy atom. The number of nitrogens with one attached hydrogen (secondary N) is 4. The standard InChI is InChI=1S/C23H22N4O4S/c1-14(2)15-3-7-17(8-4-15)24-22(28)16-5-9-18(10-6-16)27-32(30,31)19-11-12-20-21(13-19)26-23(29)25-20/h3-14,27H,1-2H3,(H,24,28)(H2,25,26,29). The molecule has 8 nitrogen and oxygen atoms in total. The van der Waals surface area contributed by atoms with Crippen LogP contribution in [0, 0.1) is 0 Å². The molecule has 4 rings (SSSR count). The highest BCUT2D eigenvalue weighted by molar-refractivity contribution is 7.92. The van der Waals surface area contributed by atoms with Gasteiger partial charge in [-0.05, 0) is 66.1 Å². The molecule has 0 aliphatic rings. The lowest BCUT2D eigenvalue weighted by Crippen LogP contribution is -2.14. The number of carbonyl (C=O) groups is 1. The third-order valence-corrected chi connectivity index (χ3v) is 6.41. The highest BCUT2D eigenvalue weighted by Gasteiger charge is 2.16. The molecule has 9 heteroatoms. The molecular formula is C23H22N4O4S. The summed E-state index contributed by atoms with van der Waals surface area (Å²) in [6, 6.07) is 18.1. The van der Waals surface area contributed by atoms with Crippen LogP contribution >= 0.6 is 0 Å². The first-order chi connectivity index (χ1) is 15.2. The molecule has 0 saturated heterocycles. The summed E-state index contributed by atoms with van der Waals surface area (Å²) in [6.45, 7) is 4.20. The lowest BCUT2D eigenvalue weighted by Gasteiger charge is -2.10. The van der Waals surface area contributed by atoms with Crippen molar-refractivity contribution in [2.45, 2.75) is 24.7 Å². The number of fused-ring (bicyclic) bond motifs is 1. The minimum atomic E-state index is -3.87. The molecule has 164 valence electrons. The van der Waals surface area contributed by atoms with E-state index in [4.69, 9.17) is 0 Å². The number of rotatable bonds is 6. The van der Waals surface area contributed by atoms with E-state index in [0.717, 1.165) is 0 Å². The molecule has 1 amide bonds. The molecule has 0 bridgehead atoms. The van der Waals surface area contributed by atoms with Gasteiger partial charge >= 0.3 is 5.69 Å². The molecular weight excluding hydrogens is 428 g/mol. The van der Waals surface area contributed by atoms with Crippen LogP contribution in [0.3, 0.4) is 0 Å². The van der Waals surface area contributed by atoms with Gasteiger partial charge in [0.15, 0.2) is 0 Å². The van der Waals surface area contributed by atoms with Gasteiger partial charge in [0.05, 0.1) is 15.9 Å². The maximum atomic E-state index is 12.7. The van der Waals surface area contributed by atoms with Gasteiger partial charge in [-0.15, -0.1) is 0 Å². The smallest absolute Gasteiger partial charge is 0.322 e. The zero-order valence-electron chi connectivity index (χ0n) is 17.5. The average molecular weight is 451 g/mol. The number of H-pyrrole nitrogens is 2. The molecule has 0 aliphatic carbocycles. The zero-order valence-corrected chi connectivity index (χ0v) is 18.3. The third kappa shape index (κ3) is 4.57. The Bertz CT molecular complexity index is 1430. The summed E-state index contributed by atoms with van der Waals surface area (Å²) in [7, 11) is -3.87. The molecule has 0 unspecified atom stereocenters. The fourth-order valence-electron chi connectivity index (χ4n) is 3.24. The van der Waals surface area contributed by atoms with Crippen LogP contribution in [-0.2, 0) is 10.0 Å². The summed E-state index contributed by atoms with van der Waals surface area (Å²) in [5.41, 5.74) is 3.07. The van der Waals surface area contributed by atoms with Gasteiger partial charge in [0, 0.05) is 16.9 Å². The lowest BCUT2D eigenvalue weighted by atomic mass is 10.0. The fraction of sp³-hybridized carbons (Fsp3) is 0.130. The van der Waals surface area contributed by atoms with Crippen LogP contribution in [0.4, 0.5) is 11.4 Å². The zero-order chi connectivity index (χ0) is 22.9. The van der Waals surface area contributed by atoms with Gasteiger partial charge in [0.2, 0.25) is 0 Å². The van der Waals surface area contributed by atoms with Crippen LogP contribution in [0.15, 0.2) is 76.4 Å². The number of anilines is 2. The predicted octanol–water partition coefficient (Wildman–Crippen LogP) is 4.03. The first kappa shape index (κ1) is 21.4. The molecule has 3 aromatic carbocycles. The van der Waals surface area contributed by atoms with E-state index in [1.54, 1.807) is 12.1 Å². The average Bonchev–Trinajstić information content (AvgIpc) is 3.13. The summed E-state index contributed by atoms with van der Waals surface area (Å²) < 4.78 is 27.9. The van der Waals surface area contributed by atoms with Crippen molar-refractivity contribution in [3.63, 3.8) is 0 Å². The van der Waals surface area contributed by atoms with Crippen LogP contribution in [0.2, 0.25) is 0 Å². The van der Waals surface area contributed by atoms with E-state index in [2.05, 4.69) is 33.9 Å². The van der Waals surface area contributed by atoms with Crippen LogP contribution in [-0.4, -0.2) is 24.3 Å². The number of benzene rings is 3. The quantitative estimate of drug-likeness (QED) is 0.354. The summed E-state index contributed by atoms with van der Waals surface area (Å²) in [6.07, 6.45) is 0. The number of imidazole rings is 1. The Morgan fingerprint density at radius 3 is 2.12 bits per heavy atom. The predicted molar refractivity (Wildman–Crippen MR) is 125 cm³/mol. The second-order valence-corrected chi connectivity index (χ2v) is 9.38. The molecule has 32 heavy (non-hydrogen) atoms. The summed E-state index contributed by atoms with van der Waals surface area (Å²) >= 11 is 0. The number of hydrogen-bond donors (Lipinski definition) is 4. The van der Waals surface area contributed by atoms with Crippen molar-refractivity contribution in [1.29, 1.82) is 0 Å². The highest BCUT2D eigenvalue weighted by Crippen LogP contribution is 2.21. The minimum Gasteiger partial charge on any atom is -0.322 e. The van der Waals surface area contributed by atoms with Gasteiger partial charge < -0.3 is 15.3 Å². The summed E-state index contributed by atoms with van der Waals surface area (Å²) in [4.78, 5) is 29.0. The van der Waals surface area contributed by atoms with E-state index >= 15 is 0 Å². The molecule has 0 fully saturated rings. The van der Waals surface area contributed by atoms with Crippen LogP contribution in [0.5, 0.6) is 0 Å². The van der Waals surface area contributed by atoms with Gasteiger partial charge in [-0.3, -0.25) is 9.52 Å². The molecule has 0 spiro atoms. The largest absolute Gasteiger partial charge is 0.323 e.